The molecular formula is C15H26N2O2. The van der Waals surface area contributed by atoms with Gasteiger partial charge in [-0.25, -0.2) is 0 Å². The summed E-state index contributed by atoms with van der Waals surface area (Å²) >= 11 is 0. The van der Waals surface area contributed by atoms with Gasteiger partial charge in [-0.2, -0.15) is 0 Å². The number of methoxy groups -OCH3 is 2. The summed E-state index contributed by atoms with van der Waals surface area (Å²) < 4.78 is 10.8. The molecular weight excluding hydrogens is 240 g/mol. The number of nitrogens with two attached hydrogens (primary N) is 1. The highest BCUT2D eigenvalue weighted by molar-refractivity contribution is 5.66. The van der Waals surface area contributed by atoms with E-state index < -0.39 is 0 Å². The summed E-state index contributed by atoms with van der Waals surface area (Å²) in [5.41, 5.74) is 8.10. The van der Waals surface area contributed by atoms with E-state index in [0.717, 1.165) is 22.7 Å². The molecule has 0 aliphatic heterocycles. The van der Waals surface area contributed by atoms with Crippen LogP contribution in [0.2, 0.25) is 0 Å². The standard InChI is InChI=1S/C15H26N2O2/c1-10(2)13(9-16)17(4)15-11(3)7-12(18-5)8-14(15)19-6/h7-8,10,13H,9,16H2,1-6H3. The number of hydrogen-bond donors (Lipinski definition) is 1. The number of likely N-dealkylation sites (N-methyl/N-ethyl adjacent to an activating group) is 1. The largest absolute Gasteiger partial charge is 0.497 e. The summed E-state index contributed by atoms with van der Waals surface area (Å²) in [4.78, 5) is 2.21. The van der Waals surface area contributed by atoms with E-state index in [-0.39, 0.29) is 6.04 Å². The zero-order valence-electron chi connectivity index (χ0n) is 12.9. The number of rotatable bonds is 6. The van der Waals surface area contributed by atoms with Gasteiger partial charge < -0.3 is 20.1 Å². The van der Waals surface area contributed by atoms with Gasteiger partial charge in [-0.05, 0) is 24.5 Å². The number of nitrogens with zero attached hydrogens (tertiary/aromatic N) is 1. The lowest BCUT2D eigenvalue weighted by Crippen LogP contribution is -2.42. The molecule has 0 aromatic heterocycles. The highest BCUT2D eigenvalue weighted by atomic mass is 16.5. The van der Waals surface area contributed by atoms with Gasteiger partial charge in [-0.1, -0.05) is 13.8 Å². The molecule has 0 heterocycles. The zero-order valence-corrected chi connectivity index (χ0v) is 12.9. The summed E-state index contributed by atoms with van der Waals surface area (Å²) in [6.45, 7) is 7.03. The molecule has 0 bridgehead atoms. The fourth-order valence-electron chi connectivity index (χ4n) is 2.48. The molecule has 0 aliphatic rings. The number of anilines is 1. The van der Waals surface area contributed by atoms with Gasteiger partial charge in [0.2, 0.25) is 0 Å². The number of hydrogen-bond acceptors (Lipinski definition) is 4. The van der Waals surface area contributed by atoms with Gasteiger partial charge >= 0.3 is 0 Å². The molecule has 0 saturated heterocycles. The maximum absolute atomic E-state index is 5.90. The Labute approximate surface area is 116 Å². The molecule has 0 spiro atoms. The Morgan fingerprint density at radius 3 is 2.26 bits per heavy atom. The number of aryl methyl sites for hydroxylation is 1. The number of benzene rings is 1. The topological polar surface area (TPSA) is 47.7 Å². The minimum Gasteiger partial charge on any atom is -0.497 e. The fraction of sp³-hybridized carbons (Fsp3) is 0.600. The lowest BCUT2D eigenvalue weighted by Gasteiger charge is -2.34. The predicted molar refractivity (Wildman–Crippen MR) is 80.4 cm³/mol. The molecule has 4 nitrogen and oxygen atoms in total. The van der Waals surface area contributed by atoms with Crippen LogP contribution in [0.25, 0.3) is 0 Å². The average Bonchev–Trinajstić information content (AvgIpc) is 2.37. The SMILES string of the molecule is COc1cc(C)c(N(C)C(CN)C(C)C)c(OC)c1. The van der Waals surface area contributed by atoms with Crippen LogP contribution in [0.3, 0.4) is 0 Å². The second-order valence-electron chi connectivity index (χ2n) is 5.15. The third kappa shape index (κ3) is 3.32. The van der Waals surface area contributed by atoms with E-state index in [1.807, 2.05) is 12.1 Å². The molecule has 1 unspecified atom stereocenters. The van der Waals surface area contributed by atoms with Crippen LogP contribution in [-0.4, -0.2) is 33.9 Å². The van der Waals surface area contributed by atoms with Crippen molar-refractivity contribution in [1.29, 1.82) is 0 Å². The van der Waals surface area contributed by atoms with Crippen LogP contribution < -0.4 is 20.1 Å². The van der Waals surface area contributed by atoms with E-state index in [9.17, 15) is 0 Å². The van der Waals surface area contributed by atoms with Crippen molar-refractivity contribution in [3.63, 3.8) is 0 Å². The third-order valence-electron chi connectivity index (χ3n) is 3.56. The van der Waals surface area contributed by atoms with Crippen LogP contribution in [0, 0.1) is 12.8 Å². The molecule has 0 aliphatic carbocycles. The predicted octanol–water partition coefficient (Wildman–Crippen LogP) is 2.43. The smallest absolute Gasteiger partial charge is 0.146 e. The maximum Gasteiger partial charge on any atom is 0.146 e. The number of ether oxygens (including phenoxy) is 2. The Balaban J connectivity index is 3.24. The molecule has 0 amide bonds. The van der Waals surface area contributed by atoms with Crippen LogP contribution in [0.1, 0.15) is 19.4 Å². The Bertz CT molecular complexity index is 419. The molecule has 0 saturated carbocycles. The van der Waals surface area contributed by atoms with Crippen LogP contribution >= 0.6 is 0 Å². The summed E-state index contributed by atoms with van der Waals surface area (Å²) in [7, 11) is 5.40. The lowest BCUT2D eigenvalue weighted by molar-refractivity contribution is 0.391. The van der Waals surface area contributed by atoms with Crippen molar-refractivity contribution < 1.29 is 9.47 Å². The monoisotopic (exact) mass is 266 g/mol. The van der Waals surface area contributed by atoms with Gasteiger partial charge in [0, 0.05) is 25.7 Å². The first-order valence-electron chi connectivity index (χ1n) is 6.61. The summed E-state index contributed by atoms with van der Waals surface area (Å²) in [5.74, 6) is 2.10. The zero-order chi connectivity index (χ0) is 14.6. The van der Waals surface area contributed by atoms with Gasteiger partial charge in [0.1, 0.15) is 11.5 Å². The Morgan fingerprint density at radius 1 is 1.21 bits per heavy atom. The van der Waals surface area contributed by atoms with E-state index in [1.54, 1.807) is 14.2 Å². The minimum absolute atomic E-state index is 0.279. The van der Waals surface area contributed by atoms with Gasteiger partial charge in [0.15, 0.2) is 0 Å². The first kappa shape index (κ1) is 15.6. The van der Waals surface area contributed by atoms with Gasteiger partial charge in [0.25, 0.3) is 0 Å². The lowest BCUT2D eigenvalue weighted by atomic mass is 10.0. The normalized spacial score (nSPS) is 12.4. The molecule has 108 valence electrons. The van der Waals surface area contributed by atoms with Gasteiger partial charge in [-0.15, -0.1) is 0 Å². The quantitative estimate of drug-likeness (QED) is 0.859. The molecule has 0 radical (unpaired) electrons. The first-order chi connectivity index (χ1) is 8.96. The maximum atomic E-state index is 5.90. The molecule has 1 rings (SSSR count). The first-order valence-corrected chi connectivity index (χ1v) is 6.61. The molecule has 0 fully saturated rings. The summed E-state index contributed by atoms with van der Waals surface area (Å²) in [6, 6.07) is 4.20. The van der Waals surface area contributed by atoms with Crippen LogP contribution in [-0.2, 0) is 0 Å². The van der Waals surface area contributed by atoms with E-state index in [1.165, 1.54) is 0 Å². The van der Waals surface area contributed by atoms with E-state index >= 15 is 0 Å². The van der Waals surface area contributed by atoms with Gasteiger partial charge in [0.05, 0.1) is 19.9 Å². The second-order valence-corrected chi connectivity index (χ2v) is 5.15. The Hall–Kier alpha value is -1.42. The van der Waals surface area contributed by atoms with Crippen molar-refractivity contribution in [3.8, 4) is 11.5 Å². The minimum atomic E-state index is 0.279. The van der Waals surface area contributed by atoms with Crippen LogP contribution in [0.4, 0.5) is 5.69 Å². The molecule has 1 aromatic carbocycles. The van der Waals surface area contributed by atoms with Crippen molar-refractivity contribution in [2.45, 2.75) is 26.8 Å². The highest BCUT2D eigenvalue weighted by Gasteiger charge is 2.22. The highest BCUT2D eigenvalue weighted by Crippen LogP contribution is 2.37. The van der Waals surface area contributed by atoms with Gasteiger partial charge in [-0.3, -0.25) is 0 Å². The van der Waals surface area contributed by atoms with Crippen molar-refractivity contribution >= 4 is 5.69 Å². The van der Waals surface area contributed by atoms with Crippen molar-refractivity contribution in [3.05, 3.63) is 17.7 Å². The van der Waals surface area contributed by atoms with Crippen molar-refractivity contribution in [1.82, 2.24) is 0 Å². The summed E-state index contributed by atoms with van der Waals surface area (Å²) in [5, 5.41) is 0. The van der Waals surface area contributed by atoms with Crippen LogP contribution in [0.5, 0.6) is 11.5 Å². The van der Waals surface area contributed by atoms with E-state index in [4.69, 9.17) is 15.2 Å². The fourth-order valence-corrected chi connectivity index (χ4v) is 2.48. The van der Waals surface area contributed by atoms with E-state index in [2.05, 4.69) is 32.7 Å². The molecule has 19 heavy (non-hydrogen) atoms. The van der Waals surface area contributed by atoms with E-state index in [0.29, 0.717) is 12.5 Å². The molecule has 1 aromatic rings. The van der Waals surface area contributed by atoms with Crippen molar-refractivity contribution in [2.24, 2.45) is 11.7 Å². The molecule has 1 atom stereocenters. The van der Waals surface area contributed by atoms with Crippen LogP contribution in [0.15, 0.2) is 12.1 Å². The molecule has 2 N–H and O–H groups in total. The van der Waals surface area contributed by atoms with Crippen molar-refractivity contribution in [2.75, 3.05) is 32.7 Å². The molecule has 4 heteroatoms. The average molecular weight is 266 g/mol. The Kier molecular flexibility index (Phi) is 5.48. The second kappa shape index (κ2) is 6.66. The summed E-state index contributed by atoms with van der Waals surface area (Å²) in [6.07, 6.45) is 0. The Morgan fingerprint density at radius 2 is 1.84 bits per heavy atom. The third-order valence-corrected chi connectivity index (χ3v) is 3.56.